The maximum Gasteiger partial charge on any atom is 0.240 e. The largest absolute Gasteiger partial charge is 0.398 e. The monoisotopic (exact) mass is 286 g/mol. The highest BCUT2D eigenvalue weighted by Gasteiger charge is 2.19. The van der Waals surface area contributed by atoms with Crippen molar-refractivity contribution in [3.05, 3.63) is 23.3 Å². The zero-order valence-corrected chi connectivity index (χ0v) is 12.7. The number of aryl methyl sites for hydroxylation is 1. The van der Waals surface area contributed by atoms with Crippen LogP contribution in [-0.2, 0) is 14.8 Å². The van der Waals surface area contributed by atoms with Crippen molar-refractivity contribution in [2.24, 2.45) is 0 Å². The van der Waals surface area contributed by atoms with Gasteiger partial charge in [-0.15, -0.1) is 0 Å². The summed E-state index contributed by atoms with van der Waals surface area (Å²) < 4.78 is 32.2. The fraction of sp³-hybridized carbons (Fsp3) is 0.538. The van der Waals surface area contributed by atoms with E-state index >= 15 is 0 Å². The summed E-state index contributed by atoms with van der Waals surface area (Å²) in [7, 11) is -3.56. The van der Waals surface area contributed by atoms with Gasteiger partial charge in [-0.25, -0.2) is 13.1 Å². The second kappa shape index (κ2) is 6.36. The van der Waals surface area contributed by atoms with Crippen molar-refractivity contribution >= 4 is 15.7 Å². The molecule has 19 heavy (non-hydrogen) atoms. The minimum Gasteiger partial charge on any atom is -0.398 e. The van der Waals surface area contributed by atoms with E-state index < -0.39 is 10.0 Å². The standard InChI is InChI=1S/C13H22N2O3S/c1-5-18-8-10(3)15-19(16,17)12-6-9(2)11(4)13(14)7-12/h6-7,10,15H,5,8,14H2,1-4H3. The lowest BCUT2D eigenvalue weighted by Gasteiger charge is -2.15. The van der Waals surface area contributed by atoms with Crippen LogP contribution in [-0.4, -0.2) is 27.7 Å². The van der Waals surface area contributed by atoms with Crippen LogP contribution in [0.1, 0.15) is 25.0 Å². The zero-order chi connectivity index (χ0) is 14.6. The molecule has 0 radical (unpaired) electrons. The molecule has 6 heteroatoms. The molecular weight excluding hydrogens is 264 g/mol. The average molecular weight is 286 g/mol. The van der Waals surface area contributed by atoms with Crippen LogP contribution >= 0.6 is 0 Å². The van der Waals surface area contributed by atoms with Gasteiger partial charge in [-0.1, -0.05) is 0 Å². The fourth-order valence-electron chi connectivity index (χ4n) is 1.67. The van der Waals surface area contributed by atoms with Gasteiger partial charge in [-0.05, 0) is 51.0 Å². The highest BCUT2D eigenvalue weighted by Crippen LogP contribution is 2.21. The summed E-state index contributed by atoms with van der Waals surface area (Å²) in [6.45, 7) is 8.24. The number of nitrogens with one attached hydrogen (secondary N) is 1. The molecule has 0 aliphatic carbocycles. The topological polar surface area (TPSA) is 81.4 Å². The maximum atomic E-state index is 12.2. The van der Waals surface area contributed by atoms with Crippen LogP contribution in [0.25, 0.3) is 0 Å². The van der Waals surface area contributed by atoms with Crippen LogP contribution < -0.4 is 10.5 Å². The number of ether oxygens (including phenoxy) is 1. The number of anilines is 1. The summed E-state index contributed by atoms with van der Waals surface area (Å²) in [4.78, 5) is 0.191. The van der Waals surface area contributed by atoms with Crippen molar-refractivity contribution in [3.63, 3.8) is 0 Å². The van der Waals surface area contributed by atoms with E-state index in [-0.39, 0.29) is 10.9 Å². The summed E-state index contributed by atoms with van der Waals surface area (Å²) in [6.07, 6.45) is 0. The molecule has 1 aromatic carbocycles. The Morgan fingerprint density at radius 1 is 1.37 bits per heavy atom. The van der Waals surface area contributed by atoms with Gasteiger partial charge in [0.2, 0.25) is 10.0 Å². The first kappa shape index (κ1) is 15.9. The van der Waals surface area contributed by atoms with E-state index in [1.54, 1.807) is 13.0 Å². The predicted octanol–water partition coefficient (Wildman–Crippen LogP) is 1.59. The van der Waals surface area contributed by atoms with Crippen molar-refractivity contribution in [2.75, 3.05) is 18.9 Å². The minimum absolute atomic E-state index is 0.191. The van der Waals surface area contributed by atoms with Crippen molar-refractivity contribution in [1.82, 2.24) is 4.72 Å². The SMILES string of the molecule is CCOCC(C)NS(=O)(=O)c1cc(C)c(C)c(N)c1. The van der Waals surface area contributed by atoms with Gasteiger partial charge >= 0.3 is 0 Å². The molecule has 0 aliphatic rings. The van der Waals surface area contributed by atoms with Gasteiger partial charge < -0.3 is 10.5 Å². The molecule has 0 spiro atoms. The van der Waals surface area contributed by atoms with Crippen molar-refractivity contribution < 1.29 is 13.2 Å². The Morgan fingerprint density at radius 2 is 2.00 bits per heavy atom. The second-order valence-electron chi connectivity index (χ2n) is 4.64. The normalized spacial score (nSPS) is 13.5. The van der Waals surface area contributed by atoms with Gasteiger partial charge in [0.1, 0.15) is 0 Å². The lowest BCUT2D eigenvalue weighted by molar-refractivity contribution is 0.133. The number of nitrogens with two attached hydrogens (primary N) is 1. The third-order valence-corrected chi connectivity index (χ3v) is 4.49. The Balaban J connectivity index is 2.95. The van der Waals surface area contributed by atoms with Gasteiger partial charge in [0.15, 0.2) is 0 Å². The van der Waals surface area contributed by atoms with E-state index in [0.29, 0.717) is 18.9 Å². The van der Waals surface area contributed by atoms with Crippen molar-refractivity contribution in [3.8, 4) is 0 Å². The highest BCUT2D eigenvalue weighted by atomic mass is 32.2. The fourth-order valence-corrected chi connectivity index (χ4v) is 3.02. The Labute approximate surface area is 115 Å². The molecule has 0 saturated heterocycles. The van der Waals surface area contributed by atoms with E-state index in [0.717, 1.165) is 11.1 Å². The molecule has 0 fully saturated rings. The number of hydrogen-bond donors (Lipinski definition) is 2. The Bertz CT molecular complexity index is 518. The zero-order valence-electron chi connectivity index (χ0n) is 11.9. The number of sulfonamides is 1. The number of benzene rings is 1. The molecule has 0 bridgehead atoms. The van der Waals surface area contributed by atoms with Crippen LogP contribution in [0, 0.1) is 13.8 Å². The smallest absolute Gasteiger partial charge is 0.240 e. The third kappa shape index (κ3) is 4.19. The Morgan fingerprint density at radius 3 is 2.53 bits per heavy atom. The molecule has 108 valence electrons. The summed E-state index contributed by atoms with van der Waals surface area (Å²) in [5.41, 5.74) is 8.06. The first-order chi connectivity index (χ1) is 8.77. The van der Waals surface area contributed by atoms with Crippen LogP contribution in [0.3, 0.4) is 0 Å². The summed E-state index contributed by atoms with van der Waals surface area (Å²) in [6, 6.07) is 2.83. The molecule has 1 rings (SSSR count). The molecule has 1 atom stereocenters. The van der Waals surface area contributed by atoms with Crippen molar-refractivity contribution in [2.45, 2.75) is 38.6 Å². The van der Waals surface area contributed by atoms with E-state index in [4.69, 9.17) is 10.5 Å². The first-order valence-electron chi connectivity index (χ1n) is 6.24. The van der Waals surface area contributed by atoms with Crippen molar-refractivity contribution in [1.29, 1.82) is 0 Å². The quantitative estimate of drug-likeness (QED) is 0.778. The molecule has 0 aromatic heterocycles. The molecular formula is C13H22N2O3S. The van der Waals surface area contributed by atoms with E-state index in [2.05, 4.69) is 4.72 Å². The minimum atomic E-state index is -3.56. The summed E-state index contributed by atoms with van der Waals surface area (Å²) in [5, 5.41) is 0. The van der Waals surface area contributed by atoms with Gasteiger partial charge in [0.25, 0.3) is 0 Å². The first-order valence-corrected chi connectivity index (χ1v) is 7.73. The van der Waals surface area contributed by atoms with Gasteiger partial charge in [-0.2, -0.15) is 0 Å². The molecule has 3 N–H and O–H groups in total. The van der Waals surface area contributed by atoms with Crippen LogP contribution in [0.2, 0.25) is 0 Å². The molecule has 0 saturated carbocycles. The average Bonchev–Trinajstić information content (AvgIpc) is 2.32. The van der Waals surface area contributed by atoms with Crippen LogP contribution in [0.5, 0.6) is 0 Å². The number of hydrogen-bond acceptors (Lipinski definition) is 4. The lowest BCUT2D eigenvalue weighted by Crippen LogP contribution is -2.36. The van der Waals surface area contributed by atoms with E-state index in [9.17, 15) is 8.42 Å². The van der Waals surface area contributed by atoms with Gasteiger partial charge in [0.05, 0.1) is 11.5 Å². The summed E-state index contributed by atoms with van der Waals surface area (Å²) in [5.74, 6) is 0. The molecule has 0 amide bonds. The Kier molecular flexibility index (Phi) is 5.34. The molecule has 0 aliphatic heterocycles. The van der Waals surface area contributed by atoms with Gasteiger partial charge in [0, 0.05) is 18.3 Å². The molecule has 0 heterocycles. The second-order valence-corrected chi connectivity index (χ2v) is 6.35. The van der Waals surface area contributed by atoms with Crippen LogP contribution in [0.15, 0.2) is 17.0 Å². The van der Waals surface area contributed by atoms with E-state index in [1.165, 1.54) is 6.07 Å². The Hall–Kier alpha value is -1.11. The third-order valence-electron chi connectivity index (χ3n) is 2.92. The van der Waals surface area contributed by atoms with Gasteiger partial charge in [-0.3, -0.25) is 0 Å². The van der Waals surface area contributed by atoms with E-state index in [1.807, 2.05) is 20.8 Å². The highest BCUT2D eigenvalue weighted by molar-refractivity contribution is 7.89. The molecule has 5 nitrogen and oxygen atoms in total. The number of nitrogen functional groups attached to an aromatic ring is 1. The molecule has 1 aromatic rings. The summed E-state index contributed by atoms with van der Waals surface area (Å²) >= 11 is 0. The molecule has 1 unspecified atom stereocenters. The maximum absolute atomic E-state index is 12.2. The lowest BCUT2D eigenvalue weighted by atomic mass is 10.1. The number of rotatable bonds is 6. The predicted molar refractivity (Wildman–Crippen MR) is 76.6 cm³/mol. The van der Waals surface area contributed by atoms with Crippen LogP contribution in [0.4, 0.5) is 5.69 Å².